The van der Waals surface area contributed by atoms with Crippen molar-refractivity contribution in [1.82, 2.24) is 5.32 Å². The Balaban J connectivity index is 1.90. The van der Waals surface area contributed by atoms with Gasteiger partial charge in [0.25, 0.3) is 0 Å². The average Bonchev–Trinajstić information content (AvgIpc) is 3.23. The molecule has 41 heavy (non-hydrogen) atoms. The topological polar surface area (TPSA) is 82.0 Å². The Labute approximate surface area is 256 Å². The van der Waals surface area contributed by atoms with E-state index in [0.29, 0.717) is 17.7 Å². The Morgan fingerprint density at radius 2 is 1.78 bits per heavy atom. The fourth-order valence-electron chi connectivity index (χ4n) is 5.59. The van der Waals surface area contributed by atoms with E-state index in [9.17, 15) is 14.9 Å². The third kappa shape index (κ3) is 6.19. The normalized spacial score (nSPS) is 22.3. The highest BCUT2D eigenvalue weighted by atomic mass is 79.9. The number of halogens is 5. The van der Waals surface area contributed by atoms with Crippen LogP contribution in [-0.2, 0) is 10.2 Å². The molecular formula is C31H28BrCl2F2N3O2. The van der Waals surface area contributed by atoms with Gasteiger partial charge in [0.1, 0.15) is 17.0 Å². The molecule has 0 bridgehead atoms. The van der Waals surface area contributed by atoms with Gasteiger partial charge >= 0.3 is 0 Å². The molecule has 0 aromatic heterocycles. The van der Waals surface area contributed by atoms with E-state index in [0.717, 1.165) is 6.07 Å². The van der Waals surface area contributed by atoms with Crippen LogP contribution < -0.4 is 10.6 Å². The zero-order valence-corrected chi connectivity index (χ0v) is 25.7. The fraction of sp³-hybridized carbons (Fsp3) is 0.323. The molecule has 3 aromatic carbocycles. The molecule has 4 rings (SSSR count). The number of nitrogens with one attached hydrogen (secondary N) is 2. The van der Waals surface area contributed by atoms with Crippen LogP contribution in [0.4, 0.5) is 14.5 Å². The van der Waals surface area contributed by atoms with Gasteiger partial charge < -0.3 is 10.6 Å². The van der Waals surface area contributed by atoms with Gasteiger partial charge in [-0.2, -0.15) is 5.26 Å². The van der Waals surface area contributed by atoms with Crippen LogP contribution in [0.1, 0.15) is 54.6 Å². The lowest BCUT2D eigenvalue weighted by Gasteiger charge is -2.37. The SMILES string of the molecule is CC(C)(C)CC1N[C@@H](C(=O)Nc2ccc(C(=O)CBr)cc2)[C@H](c2cccc(Cl)c2F)C1(C#N)c1ccc(Cl)cc1F. The summed E-state index contributed by atoms with van der Waals surface area (Å²) in [5.41, 5.74) is -1.21. The van der Waals surface area contributed by atoms with Crippen LogP contribution in [0.15, 0.2) is 60.7 Å². The first kappa shape index (κ1) is 31.1. The first-order chi connectivity index (χ1) is 19.3. The molecular weight excluding hydrogens is 635 g/mol. The van der Waals surface area contributed by atoms with Gasteiger partial charge in [-0.1, -0.05) is 78.1 Å². The molecule has 0 spiro atoms. The van der Waals surface area contributed by atoms with Gasteiger partial charge in [0.05, 0.1) is 22.5 Å². The second-order valence-electron chi connectivity index (χ2n) is 11.3. The standard InChI is InChI=1S/C31H28BrCl2F2N3O2/c1-30(2,3)14-25-31(16-37,21-12-9-18(33)13-23(21)35)26(20-5-4-6-22(34)27(20)36)28(39-25)29(41)38-19-10-7-17(8-11-19)24(40)15-32/h4-13,25-26,28,39H,14-15H2,1-3H3,(H,38,41)/t25?,26-,28+,31?/m0/s1. The van der Waals surface area contributed by atoms with E-state index >= 15 is 8.78 Å². The van der Waals surface area contributed by atoms with Crippen molar-refractivity contribution in [3.63, 3.8) is 0 Å². The van der Waals surface area contributed by atoms with Crippen molar-refractivity contribution < 1.29 is 18.4 Å². The number of benzene rings is 3. The second-order valence-corrected chi connectivity index (χ2v) is 12.7. The molecule has 1 aliphatic rings. The Morgan fingerprint density at radius 1 is 1.10 bits per heavy atom. The molecule has 0 radical (unpaired) electrons. The monoisotopic (exact) mass is 661 g/mol. The van der Waals surface area contributed by atoms with E-state index in [1.54, 1.807) is 24.3 Å². The summed E-state index contributed by atoms with van der Waals surface area (Å²) < 4.78 is 31.4. The maximum absolute atomic E-state index is 15.7. The van der Waals surface area contributed by atoms with Gasteiger partial charge in [-0.25, -0.2) is 8.78 Å². The van der Waals surface area contributed by atoms with Gasteiger partial charge in [-0.15, -0.1) is 0 Å². The van der Waals surface area contributed by atoms with Gasteiger partial charge in [-0.05, 0) is 59.9 Å². The van der Waals surface area contributed by atoms with Crippen molar-refractivity contribution in [2.45, 2.75) is 50.6 Å². The van der Waals surface area contributed by atoms with Crippen LogP contribution in [0, 0.1) is 28.4 Å². The van der Waals surface area contributed by atoms with Crippen molar-refractivity contribution >= 4 is 56.5 Å². The van der Waals surface area contributed by atoms with Crippen molar-refractivity contribution in [1.29, 1.82) is 5.26 Å². The molecule has 4 atom stereocenters. The molecule has 2 unspecified atom stereocenters. The quantitative estimate of drug-likeness (QED) is 0.200. The molecule has 214 valence electrons. The summed E-state index contributed by atoms with van der Waals surface area (Å²) in [7, 11) is 0. The number of Topliss-reactive ketones (excluding diaryl/α,β-unsaturated/α-hetero) is 1. The summed E-state index contributed by atoms with van der Waals surface area (Å²) >= 11 is 15.4. The van der Waals surface area contributed by atoms with E-state index in [2.05, 4.69) is 32.6 Å². The number of nitriles is 1. The van der Waals surface area contributed by atoms with E-state index in [4.69, 9.17) is 23.2 Å². The molecule has 2 N–H and O–H groups in total. The smallest absolute Gasteiger partial charge is 0.242 e. The lowest BCUT2D eigenvalue weighted by Crippen LogP contribution is -2.45. The van der Waals surface area contributed by atoms with Crippen LogP contribution in [0.5, 0.6) is 0 Å². The van der Waals surface area contributed by atoms with Crippen LogP contribution in [0.25, 0.3) is 0 Å². The molecule has 1 aliphatic heterocycles. The molecule has 1 saturated heterocycles. The van der Waals surface area contributed by atoms with E-state index in [1.807, 2.05) is 20.8 Å². The molecule has 3 aromatic rings. The molecule has 5 nitrogen and oxygen atoms in total. The Kier molecular flexibility index (Phi) is 9.25. The first-order valence-corrected chi connectivity index (χ1v) is 14.8. The predicted molar refractivity (Wildman–Crippen MR) is 161 cm³/mol. The highest BCUT2D eigenvalue weighted by Crippen LogP contribution is 2.52. The zero-order chi connectivity index (χ0) is 30.1. The lowest BCUT2D eigenvalue weighted by molar-refractivity contribution is -0.118. The molecule has 10 heteroatoms. The first-order valence-electron chi connectivity index (χ1n) is 12.9. The predicted octanol–water partition coefficient (Wildman–Crippen LogP) is 7.81. The minimum atomic E-state index is -1.72. The number of ketones is 1. The van der Waals surface area contributed by atoms with Crippen molar-refractivity contribution in [3.05, 3.63) is 99.0 Å². The van der Waals surface area contributed by atoms with Gasteiger partial charge in [-0.3, -0.25) is 9.59 Å². The molecule has 0 aliphatic carbocycles. The van der Waals surface area contributed by atoms with Gasteiger partial charge in [0.15, 0.2) is 5.78 Å². The third-order valence-corrected chi connectivity index (χ3v) is 8.36. The number of hydrogen-bond donors (Lipinski definition) is 2. The summed E-state index contributed by atoms with van der Waals surface area (Å²) in [5.74, 6) is -3.38. The third-order valence-electron chi connectivity index (χ3n) is 7.33. The number of rotatable bonds is 7. The summed E-state index contributed by atoms with van der Waals surface area (Å²) in [6.07, 6.45) is 0.356. The highest BCUT2D eigenvalue weighted by molar-refractivity contribution is 9.09. The Bertz CT molecular complexity index is 1520. The molecule has 1 fully saturated rings. The minimum absolute atomic E-state index is 0.00321. The number of carbonyl (C=O) groups is 2. The molecule has 0 saturated carbocycles. The Morgan fingerprint density at radius 3 is 2.37 bits per heavy atom. The lowest BCUT2D eigenvalue weighted by atomic mass is 9.62. The van der Waals surface area contributed by atoms with Crippen molar-refractivity contribution in [3.8, 4) is 6.07 Å². The number of hydrogen-bond acceptors (Lipinski definition) is 4. The maximum atomic E-state index is 15.7. The number of amides is 1. The maximum Gasteiger partial charge on any atom is 0.242 e. The largest absolute Gasteiger partial charge is 0.325 e. The summed E-state index contributed by atoms with van der Waals surface area (Å²) in [4.78, 5) is 25.9. The fourth-order valence-corrected chi connectivity index (χ4v) is 6.26. The van der Waals surface area contributed by atoms with E-state index < -0.39 is 41.0 Å². The van der Waals surface area contributed by atoms with Crippen LogP contribution >= 0.6 is 39.1 Å². The van der Waals surface area contributed by atoms with Crippen molar-refractivity contribution in [2.75, 3.05) is 10.6 Å². The Hall–Kier alpha value is -2.83. The summed E-state index contributed by atoms with van der Waals surface area (Å²) in [5, 5.41) is 17.1. The van der Waals surface area contributed by atoms with Gasteiger partial charge in [0, 0.05) is 33.8 Å². The highest BCUT2D eigenvalue weighted by Gasteiger charge is 2.61. The number of nitrogens with zero attached hydrogens (tertiary/aromatic N) is 1. The molecule has 1 heterocycles. The number of anilines is 1. The van der Waals surface area contributed by atoms with Crippen LogP contribution in [0.3, 0.4) is 0 Å². The van der Waals surface area contributed by atoms with Crippen LogP contribution in [-0.4, -0.2) is 29.1 Å². The minimum Gasteiger partial charge on any atom is -0.325 e. The average molecular weight is 663 g/mol. The number of carbonyl (C=O) groups excluding carboxylic acids is 2. The second kappa shape index (κ2) is 12.2. The van der Waals surface area contributed by atoms with Crippen molar-refractivity contribution in [2.24, 2.45) is 5.41 Å². The van der Waals surface area contributed by atoms with Gasteiger partial charge in [0.2, 0.25) is 5.91 Å². The number of alkyl halides is 1. The summed E-state index contributed by atoms with van der Waals surface area (Å²) in [6.45, 7) is 5.90. The van der Waals surface area contributed by atoms with Crippen LogP contribution in [0.2, 0.25) is 10.0 Å². The summed E-state index contributed by atoms with van der Waals surface area (Å²) in [6, 6.07) is 15.1. The van der Waals surface area contributed by atoms with E-state index in [-0.39, 0.29) is 37.7 Å². The molecule has 1 amide bonds. The van der Waals surface area contributed by atoms with E-state index in [1.165, 1.54) is 30.3 Å². The zero-order valence-electron chi connectivity index (χ0n) is 22.6.